The maximum Gasteiger partial charge on any atom is 0.251 e. The van der Waals surface area contributed by atoms with Crippen LogP contribution >= 0.6 is 0 Å². The molecule has 1 N–H and O–H groups in total. The highest BCUT2D eigenvalue weighted by Gasteiger charge is 2.09. The molecule has 2 heterocycles. The molecule has 0 aliphatic heterocycles. The normalized spacial score (nSPS) is 10.6. The molecule has 2 aromatic heterocycles. The van der Waals surface area contributed by atoms with Gasteiger partial charge in [0.1, 0.15) is 5.69 Å². The third kappa shape index (κ3) is 3.42. The van der Waals surface area contributed by atoms with Crippen molar-refractivity contribution in [3.8, 4) is 17.0 Å². The predicted molar refractivity (Wildman–Crippen MR) is 98.9 cm³/mol. The summed E-state index contributed by atoms with van der Waals surface area (Å²) in [6.45, 7) is 0.314. The average molecular weight is 343 g/mol. The standard InChI is InChI=1S/C21H17N3O2/c25-21(17-8-10-19(11-9-17)24-12-4-5-13-24)22-15-18-14-20(26-23-18)16-6-2-1-3-7-16/h1-14H,15H2,(H,22,25). The van der Waals surface area contributed by atoms with Crippen LogP contribution in [-0.2, 0) is 6.54 Å². The molecule has 128 valence electrons. The highest BCUT2D eigenvalue weighted by molar-refractivity contribution is 5.94. The number of hydrogen-bond donors (Lipinski definition) is 1. The number of amides is 1. The van der Waals surface area contributed by atoms with Gasteiger partial charge in [-0.2, -0.15) is 0 Å². The van der Waals surface area contributed by atoms with Gasteiger partial charge in [0.05, 0.1) is 6.54 Å². The van der Waals surface area contributed by atoms with E-state index >= 15 is 0 Å². The van der Waals surface area contributed by atoms with Crippen molar-refractivity contribution in [1.29, 1.82) is 0 Å². The summed E-state index contributed by atoms with van der Waals surface area (Å²) in [4.78, 5) is 12.3. The van der Waals surface area contributed by atoms with Crippen molar-refractivity contribution < 1.29 is 9.32 Å². The second kappa shape index (κ2) is 7.11. The van der Waals surface area contributed by atoms with E-state index in [-0.39, 0.29) is 5.91 Å². The van der Waals surface area contributed by atoms with E-state index in [4.69, 9.17) is 4.52 Å². The molecule has 0 atom stereocenters. The molecule has 0 aliphatic carbocycles. The van der Waals surface area contributed by atoms with Crippen molar-refractivity contribution >= 4 is 5.91 Å². The SMILES string of the molecule is O=C(NCc1cc(-c2ccccc2)on1)c1ccc(-n2cccc2)cc1. The summed E-state index contributed by atoms with van der Waals surface area (Å²) >= 11 is 0. The van der Waals surface area contributed by atoms with Gasteiger partial charge in [-0.3, -0.25) is 4.79 Å². The first kappa shape index (κ1) is 15.9. The molecule has 0 radical (unpaired) electrons. The number of nitrogens with zero attached hydrogens (tertiary/aromatic N) is 2. The van der Waals surface area contributed by atoms with Crippen LogP contribution in [0.25, 0.3) is 17.0 Å². The van der Waals surface area contributed by atoms with Crippen LogP contribution in [0.1, 0.15) is 16.1 Å². The Morgan fingerprint density at radius 2 is 1.69 bits per heavy atom. The molecule has 5 heteroatoms. The molecule has 0 aliphatic rings. The minimum atomic E-state index is -0.145. The third-order valence-corrected chi connectivity index (χ3v) is 4.08. The molecular weight excluding hydrogens is 326 g/mol. The highest BCUT2D eigenvalue weighted by atomic mass is 16.5. The van der Waals surface area contributed by atoms with Gasteiger partial charge in [0.2, 0.25) is 0 Å². The number of benzene rings is 2. The Balaban J connectivity index is 1.39. The molecule has 0 unspecified atom stereocenters. The number of hydrogen-bond acceptors (Lipinski definition) is 3. The van der Waals surface area contributed by atoms with Crippen LogP contribution in [0.3, 0.4) is 0 Å². The maximum absolute atomic E-state index is 12.3. The van der Waals surface area contributed by atoms with Crippen LogP contribution in [0.2, 0.25) is 0 Å². The van der Waals surface area contributed by atoms with Crippen molar-refractivity contribution in [2.75, 3.05) is 0 Å². The van der Waals surface area contributed by atoms with Crippen LogP contribution in [0.4, 0.5) is 0 Å². The Bertz CT molecular complexity index is 987. The van der Waals surface area contributed by atoms with E-state index in [1.807, 2.05) is 89.8 Å². The minimum absolute atomic E-state index is 0.145. The van der Waals surface area contributed by atoms with E-state index in [0.29, 0.717) is 23.6 Å². The van der Waals surface area contributed by atoms with E-state index < -0.39 is 0 Å². The van der Waals surface area contributed by atoms with Gasteiger partial charge < -0.3 is 14.4 Å². The lowest BCUT2D eigenvalue weighted by molar-refractivity contribution is 0.0950. The average Bonchev–Trinajstić information content (AvgIpc) is 3.39. The Morgan fingerprint density at radius 1 is 0.962 bits per heavy atom. The smallest absolute Gasteiger partial charge is 0.251 e. The summed E-state index contributed by atoms with van der Waals surface area (Å²) < 4.78 is 7.33. The molecule has 0 spiro atoms. The van der Waals surface area contributed by atoms with Gasteiger partial charge in [-0.15, -0.1) is 0 Å². The fraction of sp³-hybridized carbons (Fsp3) is 0.0476. The Labute approximate surface area is 150 Å². The fourth-order valence-electron chi connectivity index (χ4n) is 2.70. The molecular formula is C21H17N3O2. The van der Waals surface area contributed by atoms with Crippen LogP contribution in [-0.4, -0.2) is 15.6 Å². The molecule has 4 aromatic rings. The van der Waals surface area contributed by atoms with Gasteiger partial charge in [0.25, 0.3) is 5.91 Å². The predicted octanol–water partition coefficient (Wildman–Crippen LogP) is 4.06. The van der Waals surface area contributed by atoms with E-state index in [0.717, 1.165) is 11.3 Å². The van der Waals surface area contributed by atoms with Crippen molar-refractivity contribution in [2.45, 2.75) is 6.54 Å². The molecule has 26 heavy (non-hydrogen) atoms. The van der Waals surface area contributed by atoms with Crippen LogP contribution < -0.4 is 5.32 Å². The molecule has 0 fully saturated rings. The van der Waals surface area contributed by atoms with Crippen molar-refractivity contribution in [2.24, 2.45) is 0 Å². The molecule has 0 saturated carbocycles. The molecule has 5 nitrogen and oxygen atoms in total. The maximum atomic E-state index is 12.3. The summed E-state index contributed by atoms with van der Waals surface area (Å²) in [7, 11) is 0. The summed E-state index contributed by atoms with van der Waals surface area (Å²) in [5.41, 5.74) is 3.25. The number of carbonyl (C=O) groups excluding carboxylic acids is 1. The number of nitrogens with one attached hydrogen (secondary N) is 1. The lowest BCUT2D eigenvalue weighted by Crippen LogP contribution is -2.22. The zero-order valence-corrected chi connectivity index (χ0v) is 14.0. The molecule has 1 amide bonds. The van der Waals surface area contributed by atoms with Crippen LogP contribution in [0.5, 0.6) is 0 Å². The zero-order valence-electron chi connectivity index (χ0n) is 14.0. The van der Waals surface area contributed by atoms with Gasteiger partial charge >= 0.3 is 0 Å². The van der Waals surface area contributed by atoms with Gasteiger partial charge in [-0.05, 0) is 36.4 Å². The fourth-order valence-corrected chi connectivity index (χ4v) is 2.70. The first-order valence-electron chi connectivity index (χ1n) is 8.32. The second-order valence-corrected chi connectivity index (χ2v) is 5.87. The van der Waals surface area contributed by atoms with E-state index in [9.17, 15) is 4.79 Å². The Hall–Kier alpha value is -3.60. The van der Waals surface area contributed by atoms with Gasteiger partial charge in [-0.1, -0.05) is 35.5 Å². The minimum Gasteiger partial charge on any atom is -0.356 e. The van der Waals surface area contributed by atoms with Crippen LogP contribution in [0, 0.1) is 0 Å². The summed E-state index contributed by atoms with van der Waals surface area (Å²) in [5, 5.41) is 6.88. The molecule has 4 rings (SSSR count). The summed E-state index contributed by atoms with van der Waals surface area (Å²) in [6, 6.07) is 22.9. The number of rotatable bonds is 5. The second-order valence-electron chi connectivity index (χ2n) is 5.87. The monoisotopic (exact) mass is 343 g/mol. The molecule has 2 aromatic carbocycles. The van der Waals surface area contributed by atoms with E-state index in [1.165, 1.54) is 0 Å². The van der Waals surface area contributed by atoms with Gasteiger partial charge in [-0.25, -0.2) is 0 Å². The highest BCUT2D eigenvalue weighted by Crippen LogP contribution is 2.19. The van der Waals surface area contributed by atoms with E-state index in [2.05, 4.69) is 10.5 Å². The lowest BCUT2D eigenvalue weighted by Gasteiger charge is -2.06. The Kier molecular flexibility index (Phi) is 4.35. The Morgan fingerprint density at radius 3 is 2.42 bits per heavy atom. The molecule has 0 saturated heterocycles. The van der Waals surface area contributed by atoms with E-state index in [1.54, 1.807) is 0 Å². The summed E-state index contributed by atoms with van der Waals surface area (Å²) in [5.74, 6) is 0.541. The van der Waals surface area contributed by atoms with Crippen molar-refractivity contribution in [3.63, 3.8) is 0 Å². The van der Waals surface area contributed by atoms with Crippen molar-refractivity contribution in [1.82, 2.24) is 15.0 Å². The lowest BCUT2D eigenvalue weighted by atomic mass is 10.1. The van der Waals surface area contributed by atoms with Crippen molar-refractivity contribution in [3.05, 3.63) is 96.4 Å². The van der Waals surface area contributed by atoms with Gasteiger partial charge in [0.15, 0.2) is 5.76 Å². The third-order valence-electron chi connectivity index (χ3n) is 4.08. The zero-order chi connectivity index (χ0) is 17.8. The topological polar surface area (TPSA) is 60.1 Å². The van der Waals surface area contributed by atoms with Gasteiger partial charge in [0, 0.05) is 35.3 Å². The largest absolute Gasteiger partial charge is 0.356 e. The first-order chi connectivity index (χ1) is 12.8. The molecule has 0 bridgehead atoms. The number of aromatic nitrogens is 2. The quantitative estimate of drug-likeness (QED) is 0.594. The number of carbonyl (C=O) groups is 1. The van der Waals surface area contributed by atoms with Crippen LogP contribution in [0.15, 0.2) is 89.7 Å². The summed E-state index contributed by atoms with van der Waals surface area (Å²) in [6.07, 6.45) is 3.92. The first-order valence-corrected chi connectivity index (χ1v) is 8.32.